The second kappa shape index (κ2) is 5.55. The SMILES string of the molecule is COC(=O)c1cc(C(F)F)c(CCl)nc1C#N. The normalized spacial score (nSPS) is 10.1. The van der Waals surface area contributed by atoms with Gasteiger partial charge in [-0.3, -0.25) is 0 Å². The third-order valence-electron chi connectivity index (χ3n) is 2.01. The van der Waals surface area contributed by atoms with E-state index in [1.165, 1.54) is 0 Å². The van der Waals surface area contributed by atoms with E-state index in [4.69, 9.17) is 16.9 Å². The lowest BCUT2D eigenvalue weighted by Gasteiger charge is -2.09. The van der Waals surface area contributed by atoms with Gasteiger partial charge in [0, 0.05) is 5.56 Å². The zero-order valence-corrected chi connectivity index (χ0v) is 9.46. The summed E-state index contributed by atoms with van der Waals surface area (Å²) in [5, 5.41) is 8.76. The van der Waals surface area contributed by atoms with Gasteiger partial charge in [0.15, 0.2) is 5.69 Å². The van der Waals surface area contributed by atoms with Crippen LogP contribution in [0.15, 0.2) is 6.07 Å². The van der Waals surface area contributed by atoms with Crippen molar-refractivity contribution in [1.82, 2.24) is 4.98 Å². The van der Waals surface area contributed by atoms with Gasteiger partial charge in [-0.15, -0.1) is 11.6 Å². The molecule has 17 heavy (non-hydrogen) atoms. The number of nitriles is 1. The summed E-state index contributed by atoms with van der Waals surface area (Å²) in [7, 11) is 1.08. The number of halogens is 3. The van der Waals surface area contributed by atoms with Gasteiger partial charge in [-0.25, -0.2) is 18.6 Å². The highest BCUT2D eigenvalue weighted by atomic mass is 35.5. The predicted molar refractivity (Wildman–Crippen MR) is 54.8 cm³/mol. The van der Waals surface area contributed by atoms with E-state index in [0.717, 1.165) is 13.2 Å². The van der Waals surface area contributed by atoms with Crippen LogP contribution in [0.4, 0.5) is 8.78 Å². The molecule has 0 atom stereocenters. The molecule has 0 fully saturated rings. The molecule has 0 bridgehead atoms. The minimum atomic E-state index is -2.83. The summed E-state index contributed by atoms with van der Waals surface area (Å²) in [4.78, 5) is 14.9. The van der Waals surface area contributed by atoms with E-state index in [1.807, 2.05) is 0 Å². The minimum absolute atomic E-state index is 0.120. The van der Waals surface area contributed by atoms with Gasteiger partial charge in [0.2, 0.25) is 0 Å². The topological polar surface area (TPSA) is 63.0 Å². The quantitative estimate of drug-likeness (QED) is 0.618. The van der Waals surface area contributed by atoms with Crippen molar-refractivity contribution in [3.63, 3.8) is 0 Å². The highest BCUT2D eigenvalue weighted by Gasteiger charge is 2.21. The highest BCUT2D eigenvalue weighted by molar-refractivity contribution is 6.17. The van der Waals surface area contributed by atoms with Gasteiger partial charge in [-0.1, -0.05) is 0 Å². The van der Waals surface area contributed by atoms with E-state index < -0.39 is 18.0 Å². The van der Waals surface area contributed by atoms with Crippen molar-refractivity contribution in [2.45, 2.75) is 12.3 Å². The van der Waals surface area contributed by atoms with Gasteiger partial charge < -0.3 is 4.74 Å². The number of aromatic nitrogens is 1. The van der Waals surface area contributed by atoms with Crippen molar-refractivity contribution in [2.24, 2.45) is 0 Å². The van der Waals surface area contributed by atoms with Crippen LogP contribution >= 0.6 is 11.6 Å². The summed E-state index contributed by atoms with van der Waals surface area (Å²) in [5.41, 5.74) is -1.17. The number of carbonyl (C=O) groups excluding carboxylic acids is 1. The molecule has 0 N–H and O–H groups in total. The molecule has 7 heteroatoms. The Morgan fingerprint density at radius 3 is 2.76 bits per heavy atom. The Labute approximate surface area is 101 Å². The van der Waals surface area contributed by atoms with Gasteiger partial charge in [0.1, 0.15) is 6.07 Å². The Bertz CT molecular complexity index is 486. The van der Waals surface area contributed by atoms with Gasteiger partial charge in [-0.05, 0) is 6.07 Å². The number of ether oxygens (including phenoxy) is 1. The first-order chi connectivity index (χ1) is 8.04. The summed E-state index contributed by atoms with van der Waals surface area (Å²) in [6, 6.07) is 2.52. The molecule has 0 saturated heterocycles. The maximum atomic E-state index is 12.7. The van der Waals surface area contributed by atoms with E-state index in [1.54, 1.807) is 6.07 Å². The lowest BCUT2D eigenvalue weighted by Crippen LogP contribution is -2.10. The number of methoxy groups -OCH3 is 1. The first-order valence-corrected chi connectivity index (χ1v) is 4.95. The lowest BCUT2D eigenvalue weighted by molar-refractivity contribution is 0.0599. The fourth-order valence-electron chi connectivity index (χ4n) is 1.21. The second-order valence-electron chi connectivity index (χ2n) is 2.96. The molecule has 0 unspecified atom stereocenters. The van der Waals surface area contributed by atoms with Crippen molar-refractivity contribution < 1.29 is 18.3 Å². The molecular weight excluding hydrogens is 254 g/mol. The molecule has 1 aromatic heterocycles. The smallest absolute Gasteiger partial charge is 0.340 e. The van der Waals surface area contributed by atoms with Crippen LogP contribution in [0.25, 0.3) is 0 Å². The molecule has 4 nitrogen and oxygen atoms in total. The number of hydrogen-bond acceptors (Lipinski definition) is 4. The zero-order valence-electron chi connectivity index (χ0n) is 8.71. The fourth-order valence-corrected chi connectivity index (χ4v) is 1.43. The van der Waals surface area contributed by atoms with E-state index in [9.17, 15) is 13.6 Å². The third-order valence-corrected chi connectivity index (χ3v) is 2.26. The summed E-state index contributed by atoms with van der Waals surface area (Å²) in [6.45, 7) is 0. The fraction of sp³-hybridized carbons (Fsp3) is 0.300. The molecular formula is C10H7ClF2N2O2. The van der Waals surface area contributed by atoms with Gasteiger partial charge in [0.05, 0.1) is 24.2 Å². The zero-order chi connectivity index (χ0) is 13.0. The van der Waals surface area contributed by atoms with Crippen LogP contribution in [-0.2, 0) is 10.6 Å². The Balaban J connectivity index is 3.45. The van der Waals surface area contributed by atoms with E-state index in [0.29, 0.717) is 0 Å². The van der Waals surface area contributed by atoms with Crippen LogP contribution in [0.5, 0.6) is 0 Å². The van der Waals surface area contributed by atoms with E-state index in [2.05, 4.69) is 9.72 Å². The van der Waals surface area contributed by atoms with Gasteiger partial charge in [-0.2, -0.15) is 5.26 Å². The van der Waals surface area contributed by atoms with E-state index >= 15 is 0 Å². The average Bonchev–Trinajstić information content (AvgIpc) is 2.35. The third kappa shape index (κ3) is 2.68. The van der Waals surface area contributed by atoms with Crippen LogP contribution in [0.1, 0.15) is 33.7 Å². The van der Waals surface area contributed by atoms with Gasteiger partial charge in [0.25, 0.3) is 6.43 Å². The van der Waals surface area contributed by atoms with Crippen molar-refractivity contribution in [2.75, 3.05) is 7.11 Å². The molecule has 0 aliphatic carbocycles. The van der Waals surface area contributed by atoms with Crippen molar-refractivity contribution in [3.05, 3.63) is 28.6 Å². The molecule has 0 spiro atoms. The van der Waals surface area contributed by atoms with E-state index in [-0.39, 0.29) is 22.8 Å². The Morgan fingerprint density at radius 1 is 1.71 bits per heavy atom. The number of esters is 1. The maximum absolute atomic E-state index is 12.7. The Kier molecular flexibility index (Phi) is 4.35. The van der Waals surface area contributed by atoms with Gasteiger partial charge >= 0.3 is 5.97 Å². The molecule has 0 aliphatic heterocycles. The Hall–Kier alpha value is -1.74. The largest absolute Gasteiger partial charge is 0.465 e. The lowest BCUT2D eigenvalue weighted by atomic mass is 10.1. The van der Waals surface area contributed by atoms with Crippen LogP contribution in [0.2, 0.25) is 0 Å². The number of hydrogen-bond donors (Lipinski definition) is 0. The molecule has 0 radical (unpaired) electrons. The van der Waals surface area contributed by atoms with Crippen LogP contribution in [-0.4, -0.2) is 18.1 Å². The van der Waals surface area contributed by atoms with Crippen LogP contribution in [0.3, 0.4) is 0 Å². The van der Waals surface area contributed by atoms with Crippen LogP contribution in [0, 0.1) is 11.3 Å². The van der Waals surface area contributed by atoms with Crippen molar-refractivity contribution in [3.8, 4) is 6.07 Å². The first kappa shape index (κ1) is 13.3. The summed E-state index contributed by atoms with van der Waals surface area (Å²) in [6.07, 6.45) is -2.83. The monoisotopic (exact) mass is 260 g/mol. The van der Waals surface area contributed by atoms with Crippen molar-refractivity contribution in [1.29, 1.82) is 5.26 Å². The number of carbonyl (C=O) groups is 1. The standard InChI is InChI=1S/C10H7ClF2N2O2/c1-17-10(16)6-2-5(9(12)13)7(3-11)15-8(6)4-14/h2,9H,3H2,1H3. The maximum Gasteiger partial charge on any atom is 0.340 e. The number of pyridine rings is 1. The molecule has 1 rings (SSSR count). The molecule has 0 aromatic carbocycles. The molecule has 90 valence electrons. The summed E-state index contributed by atoms with van der Waals surface area (Å²) < 4.78 is 29.7. The number of alkyl halides is 3. The second-order valence-corrected chi connectivity index (χ2v) is 3.23. The predicted octanol–water partition coefficient (Wildman–Crippen LogP) is 2.42. The number of rotatable bonds is 3. The molecule has 0 saturated carbocycles. The average molecular weight is 261 g/mol. The molecule has 0 amide bonds. The minimum Gasteiger partial charge on any atom is -0.465 e. The first-order valence-electron chi connectivity index (χ1n) is 4.41. The summed E-state index contributed by atoms with van der Waals surface area (Å²) >= 11 is 5.45. The molecule has 0 aliphatic rings. The summed E-state index contributed by atoms with van der Waals surface area (Å²) in [5.74, 6) is -1.16. The molecule has 1 heterocycles. The van der Waals surface area contributed by atoms with Crippen LogP contribution < -0.4 is 0 Å². The Morgan fingerprint density at radius 2 is 2.35 bits per heavy atom. The molecule has 1 aromatic rings. The number of nitrogens with zero attached hydrogens (tertiary/aromatic N) is 2. The van der Waals surface area contributed by atoms with Crippen molar-refractivity contribution >= 4 is 17.6 Å². The highest BCUT2D eigenvalue weighted by Crippen LogP contribution is 2.25.